The molecule has 2 rings (SSSR count). The molecule has 1 atom stereocenters. The number of ether oxygens (including phenoxy) is 1. The molecule has 0 amide bonds. The maximum Gasteiger partial charge on any atom is 0.273 e. The van der Waals surface area contributed by atoms with E-state index in [4.69, 9.17) is 16.3 Å². The van der Waals surface area contributed by atoms with Gasteiger partial charge in [0.1, 0.15) is 5.75 Å². The Kier molecular flexibility index (Phi) is 4.72. The molecule has 0 aliphatic carbocycles. The molecule has 1 heterocycles. The summed E-state index contributed by atoms with van der Waals surface area (Å²) >= 11 is 5.95. The van der Waals surface area contributed by atoms with Crippen LogP contribution in [0.2, 0.25) is 5.02 Å². The van der Waals surface area contributed by atoms with Gasteiger partial charge in [-0.05, 0) is 24.6 Å². The molecule has 0 aliphatic heterocycles. The molecule has 0 unspecified atom stereocenters. The molecule has 1 aromatic carbocycles. The number of hydrogen-bond acceptors (Lipinski definition) is 5. The Bertz CT molecular complexity index is 646. The molecule has 0 aliphatic rings. The van der Waals surface area contributed by atoms with Crippen LogP contribution in [0, 0.1) is 10.1 Å². The summed E-state index contributed by atoms with van der Waals surface area (Å²) in [6.07, 6.45) is 1.37. The van der Waals surface area contributed by atoms with Gasteiger partial charge in [-0.1, -0.05) is 18.5 Å². The van der Waals surface area contributed by atoms with E-state index in [9.17, 15) is 15.2 Å². The number of nitro benzene ring substituents is 1. The van der Waals surface area contributed by atoms with E-state index in [1.54, 1.807) is 12.1 Å². The van der Waals surface area contributed by atoms with Crippen LogP contribution in [-0.2, 0) is 0 Å². The third-order valence-electron chi connectivity index (χ3n) is 2.84. The van der Waals surface area contributed by atoms with Crippen LogP contribution < -0.4 is 4.74 Å². The molecule has 0 saturated heterocycles. The second-order valence-electron chi connectivity index (χ2n) is 4.32. The van der Waals surface area contributed by atoms with Gasteiger partial charge in [0.05, 0.1) is 34.0 Å². The van der Waals surface area contributed by atoms with Crippen molar-refractivity contribution >= 4 is 17.3 Å². The Morgan fingerprint density at radius 3 is 2.76 bits per heavy atom. The number of halogens is 1. The summed E-state index contributed by atoms with van der Waals surface area (Å²) in [4.78, 5) is 14.3. The van der Waals surface area contributed by atoms with Gasteiger partial charge in [-0.25, -0.2) is 0 Å². The second kappa shape index (κ2) is 6.51. The highest BCUT2D eigenvalue weighted by atomic mass is 35.5. The van der Waals surface area contributed by atoms with E-state index in [2.05, 4.69) is 4.98 Å². The molecule has 21 heavy (non-hydrogen) atoms. The zero-order valence-electron chi connectivity index (χ0n) is 11.2. The number of aromatic nitrogens is 1. The normalized spacial score (nSPS) is 12.0. The van der Waals surface area contributed by atoms with Crippen molar-refractivity contribution in [1.82, 2.24) is 4.98 Å². The van der Waals surface area contributed by atoms with Crippen molar-refractivity contribution in [2.75, 3.05) is 0 Å². The predicted molar refractivity (Wildman–Crippen MR) is 77.7 cm³/mol. The number of pyridine rings is 1. The smallest absolute Gasteiger partial charge is 0.273 e. The minimum absolute atomic E-state index is 0.111. The van der Waals surface area contributed by atoms with Gasteiger partial charge in [-0.3, -0.25) is 15.1 Å². The fourth-order valence-corrected chi connectivity index (χ4v) is 1.83. The summed E-state index contributed by atoms with van der Waals surface area (Å²) in [7, 11) is 0. The van der Waals surface area contributed by atoms with Crippen LogP contribution in [0.4, 0.5) is 5.69 Å². The first-order valence-electron chi connectivity index (χ1n) is 6.27. The average Bonchev–Trinajstić information content (AvgIpc) is 2.49. The van der Waals surface area contributed by atoms with Crippen molar-refractivity contribution in [3.05, 3.63) is 57.4 Å². The van der Waals surface area contributed by atoms with Crippen LogP contribution in [0.15, 0.2) is 36.5 Å². The first kappa shape index (κ1) is 15.2. The lowest BCUT2D eigenvalue weighted by atomic mass is 10.2. The van der Waals surface area contributed by atoms with E-state index in [0.717, 1.165) is 0 Å². The monoisotopic (exact) mass is 308 g/mol. The SMILES string of the molecule is CC[C@H](O)c1ccc(Oc2cc([N+](=O)[O-])ccc2Cl)cn1. The van der Waals surface area contributed by atoms with Crippen molar-refractivity contribution in [1.29, 1.82) is 0 Å². The quantitative estimate of drug-likeness (QED) is 0.669. The number of nitro groups is 1. The van der Waals surface area contributed by atoms with E-state index < -0.39 is 11.0 Å². The maximum absolute atomic E-state index is 10.7. The van der Waals surface area contributed by atoms with E-state index in [0.29, 0.717) is 17.9 Å². The number of nitrogens with zero attached hydrogens (tertiary/aromatic N) is 2. The first-order chi connectivity index (χ1) is 10.0. The molecule has 7 heteroatoms. The van der Waals surface area contributed by atoms with Crippen LogP contribution in [0.1, 0.15) is 25.1 Å². The van der Waals surface area contributed by atoms with Crippen LogP contribution in [-0.4, -0.2) is 15.0 Å². The Morgan fingerprint density at radius 2 is 2.19 bits per heavy atom. The second-order valence-corrected chi connectivity index (χ2v) is 4.72. The Hall–Kier alpha value is -2.18. The summed E-state index contributed by atoms with van der Waals surface area (Å²) in [5, 5.41) is 20.7. The third-order valence-corrected chi connectivity index (χ3v) is 3.15. The molecule has 0 saturated carbocycles. The molecule has 0 spiro atoms. The lowest BCUT2D eigenvalue weighted by Gasteiger charge is -2.09. The number of benzene rings is 1. The minimum Gasteiger partial charge on any atom is -0.454 e. The molecule has 2 aromatic rings. The zero-order valence-corrected chi connectivity index (χ0v) is 11.9. The van der Waals surface area contributed by atoms with Crippen molar-refractivity contribution in [3.8, 4) is 11.5 Å². The zero-order chi connectivity index (χ0) is 15.4. The molecular formula is C14H13ClN2O4. The van der Waals surface area contributed by atoms with Crippen molar-refractivity contribution in [3.63, 3.8) is 0 Å². The highest BCUT2D eigenvalue weighted by Crippen LogP contribution is 2.32. The fraction of sp³-hybridized carbons (Fsp3) is 0.214. The van der Waals surface area contributed by atoms with Gasteiger partial charge < -0.3 is 9.84 Å². The van der Waals surface area contributed by atoms with Gasteiger partial charge in [0, 0.05) is 6.07 Å². The molecule has 110 valence electrons. The minimum atomic E-state index is -0.625. The van der Waals surface area contributed by atoms with E-state index in [1.807, 2.05) is 6.92 Å². The largest absolute Gasteiger partial charge is 0.454 e. The van der Waals surface area contributed by atoms with Gasteiger partial charge in [-0.2, -0.15) is 0 Å². The number of non-ortho nitro benzene ring substituents is 1. The topological polar surface area (TPSA) is 85.5 Å². The predicted octanol–water partition coefficient (Wildman–Crippen LogP) is 3.88. The van der Waals surface area contributed by atoms with Crippen molar-refractivity contribution in [2.24, 2.45) is 0 Å². The molecule has 0 bridgehead atoms. The van der Waals surface area contributed by atoms with E-state index in [1.165, 1.54) is 24.4 Å². The summed E-state index contributed by atoms with van der Waals surface area (Å²) in [6, 6.07) is 7.20. The van der Waals surface area contributed by atoms with Gasteiger partial charge in [0.25, 0.3) is 5.69 Å². The number of aliphatic hydroxyl groups excluding tert-OH is 1. The summed E-state index contributed by atoms with van der Waals surface area (Å²) in [5.74, 6) is 0.556. The summed E-state index contributed by atoms with van der Waals surface area (Å²) in [6.45, 7) is 1.85. The van der Waals surface area contributed by atoms with Crippen LogP contribution in [0.5, 0.6) is 11.5 Å². The van der Waals surface area contributed by atoms with E-state index >= 15 is 0 Å². The van der Waals surface area contributed by atoms with Crippen molar-refractivity contribution in [2.45, 2.75) is 19.4 Å². The Labute approximate surface area is 126 Å². The maximum atomic E-state index is 10.7. The summed E-state index contributed by atoms with van der Waals surface area (Å²) in [5.41, 5.74) is 0.426. The lowest BCUT2D eigenvalue weighted by molar-refractivity contribution is -0.384. The van der Waals surface area contributed by atoms with Crippen LogP contribution >= 0.6 is 11.6 Å². The molecule has 0 fully saturated rings. The van der Waals surface area contributed by atoms with Gasteiger partial charge in [0.2, 0.25) is 0 Å². The summed E-state index contributed by atoms with van der Waals surface area (Å²) < 4.78 is 5.49. The lowest BCUT2D eigenvalue weighted by Crippen LogP contribution is -1.98. The third kappa shape index (κ3) is 3.68. The van der Waals surface area contributed by atoms with Crippen LogP contribution in [0.25, 0.3) is 0 Å². The van der Waals surface area contributed by atoms with Gasteiger partial charge in [-0.15, -0.1) is 0 Å². The van der Waals surface area contributed by atoms with Crippen LogP contribution in [0.3, 0.4) is 0 Å². The van der Waals surface area contributed by atoms with Gasteiger partial charge >= 0.3 is 0 Å². The standard InChI is InChI=1S/C14H13ClN2O4/c1-2-13(18)12-6-4-10(8-16-12)21-14-7-9(17(19)20)3-5-11(14)15/h3-8,13,18H,2H2,1H3/t13-/m0/s1. The van der Waals surface area contributed by atoms with E-state index in [-0.39, 0.29) is 16.5 Å². The van der Waals surface area contributed by atoms with Gasteiger partial charge in [0.15, 0.2) is 5.75 Å². The Balaban J connectivity index is 2.22. The molecule has 6 nitrogen and oxygen atoms in total. The number of aliphatic hydroxyl groups is 1. The number of hydrogen-bond donors (Lipinski definition) is 1. The highest BCUT2D eigenvalue weighted by molar-refractivity contribution is 6.32. The molecule has 1 aromatic heterocycles. The molecular weight excluding hydrogens is 296 g/mol. The number of rotatable bonds is 5. The first-order valence-corrected chi connectivity index (χ1v) is 6.65. The van der Waals surface area contributed by atoms with Crippen molar-refractivity contribution < 1.29 is 14.8 Å². The Morgan fingerprint density at radius 1 is 1.43 bits per heavy atom. The highest BCUT2D eigenvalue weighted by Gasteiger charge is 2.12. The average molecular weight is 309 g/mol. The fourth-order valence-electron chi connectivity index (χ4n) is 1.67. The molecule has 1 N–H and O–H groups in total. The molecule has 0 radical (unpaired) electrons.